The van der Waals surface area contributed by atoms with E-state index < -0.39 is 33.8 Å². The lowest BCUT2D eigenvalue weighted by Gasteiger charge is -2.16. The molecule has 2 amide bonds. The van der Waals surface area contributed by atoms with Gasteiger partial charge in [0.05, 0.1) is 29.2 Å². The van der Waals surface area contributed by atoms with Crippen molar-refractivity contribution in [2.45, 2.75) is 18.7 Å². The molecule has 4 N–H and O–H groups in total. The highest BCUT2D eigenvalue weighted by atomic mass is 32.2. The van der Waals surface area contributed by atoms with E-state index in [1.165, 1.54) is 44.4 Å². The lowest BCUT2D eigenvalue weighted by Crippen LogP contribution is -2.33. The summed E-state index contributed by atoms with van der Waals surface area (Å²) in [7, 11) is -2.89. The second-order valence-corrected chi connectivity index (χ2v) is 9.33. The van der Waals surface area contributed by atoms with Gasteiger partial charge in [-0.2, -0.15) is 0 Å². The number of aryl methyl sites for hydroxylation is 1. The molecule has 12 heteroatoms. The fourth-order valence-electron chi connectivity index (χ4n) is 3.11. The van der Waals surface area contributed by atoms with Crippen LogP contribution in [0.4, 0.5) is 20.6 Å². The highest BCUT2D eigenvalue weighted by Gasteiger charge is 2.21. The van der Waals surface area contributed by atoms with Gasteiger partial charge < -0.3 is 24.9 Å². The van der Waals surface area contributed by atoms with Crippen molar-refractivity contribution in [1.82, 2.24) is 5.32 Å². The van der Waals surface area contributed by atoms with E-state index in [2.05, 4.69) is 15.4 Å². The largest absolute Gasteiger partial charge is 0.495 e. The first-order valence-electron chi connectivity index (χ1n) is 10.3. The first kappa shape index (κ1) is 25.6. The second-order valence-electron chi connectivity index (χ2n) is 7.65. The summed E-state index contributed by atoms with van der Waals surface area (Å²) in [5.74, 6) is -0.926. The molecule has 0 unspecified atom stereocenters. The van der Waals surface area contributed by atoms with Crippen molar-refractivity contribution in [2.24, 2.45) is 5.92 Å². The molecule has 3 aromatic rings. The fourth-order valence-corrected chi connectivity index (χ4v) is 4.18. The molecule has 35 heavy (non-hydrogen) atoms. The van der Waals surface area contributed by atoms with Crippen molar-refractivity contribution < 1.29 is 36.7 Å². The van der Waals surface area contributed by atoms with Crippen LogP contribution < -0.4 is 20.1 Å². The number of hydrogen-bond acceptors (Lipinski definition) is 6. The molecule has 0 spiro atoms. The predicted octanol–water partition coefficient (Wildman–Crippen LogP) is 4.05. The number of halogens is 1. The second kappa shape index (κ2) is 10.5. The van der Waals surface area contributed by atoms with Crippen LogP contribution in [0.25, 0.3) is 11.3 Å². The Labute approximate surface area is 201 Å². The molecule has 0 aliphatic rings. The van der Waals surface area contributed by atoms with Crippen molar-refractivity contribution >= 4 is 33.4 Å². The van der Waals surface area contributed by atoms with Crippen LogP contribution >= 0.6 is 0 Å². The molecule has 0 saturated heterocycles. The molecule has 3 rings (SSSR count). The van der Waals surface area contributed by atoms with Crippen molar-refractivity contribution in [3.8, 4) is 17.1 Å². The molecule has 0 aliphatic carbocycles. The van der Waals surface area contributed by atoms with E-state index in [1.54, 1.807) is 19.1 Å². The first-order valence-corrected chi connectivity index (χ1v) is 11.8. The topological polar surface area (TPSA) is 147 Å². The Hall–Kier alpha value is -4.06. The molecule has 1 atom stereocenters. The SMILES string of the molecule is COc1ccc(NC(=O)[C@@H](C)CNC(=O)O)cc1NS(=O)(=O)c1ccc(-c2ccc(C)o2)c(F)c1. The normalized spacial score (nSPS) is 12.0. The Balaban J connectivity index is 1.82. The zero-order chi connectivity index (χ0) is 25.8. The molecule has 0 radical (unpaired) electrons. The fraction of sp³-hybridized carbons (Fsp3) is 0.217. The minimum absolute atomic E-state index is 0.00718. The maximum Gasteiger partial charge on any atom is 0.404 e. The third kappa shape index (κ3) is 6.29. The van der Waals surface area contributed by atoms with Crippen LogP contribution in [0.2, 0.25) is 0 Å². The number of nitrogens with one attached hydrogen (secondary N) is 3. The van der Waals surface area contributed by atoms with Crippen molar-refractivity contribution in [1.29, 1.82) is 0 Å². The van der Waals surface area contributed by atoms with E-state index in [4.69, 9.17) is 14.3 Å². The number of rotatable bonds is 9. The van der Waals surface area contributed by atoms with Gasteiger partial charge in [-0.3, -0.25) is 9.52 Å². The van der Waals surface area contributed by atoms with Gasteiger partial charge >= 0.3 is 6.09 Å². The number of ether oxygens (including phenoxy) is 1. The van der Waals surface area contributed by atoms with E-state index >= 15 is 0 Å². The Morgan fingerprint density at radius 2 is 1.89 bits per heavy atom. The zero-order valence-electron chi connectivity index (χ0n) is 19.1. The number of carboxylic acid groups (broad SMARTS) is 1. The zero-order valence-corrected chi connectivity index (χ0v) is 19.9. The number of anilines is 2. The smallest absolute Gasteiger partial charge is 0.404 e. The Morgan fingerprint density at radius 3 is 2.49 bits per heavy atom. The van der Waals surface area contributed by atoms with Gasteiger partial charge in [0.25, 0.3) is 10.0 Å². The van der Waals surface area contributed by atoms with Gasteiger partial charge in [-0.05, 0) is 55.5 Å². The molecule has 2 aromatic carbocycles. The molecule has 186 valence electrons. The summed E-state index contributed by atoms with van der Waals surface area (Å²) in [4.78, 5) is 22.6. The third-order valence-corrected chi connectivity index (χ3v) is 6.34. The molecule has 0 aliphatic heterocycles. The van der Waals surface area contributed by atoms with Gasteiger partial charge in [0, 0.05) is 12.2 Å². The van der Waals surface area contributed by atoms with Crippen LogP contribution in [-0.4, -0.2) is 39.2 Å². The van der Waals surface area contributed by atoms with Crippen LogP contribution in [0, 0.1) is 18.7 Å². The maximum absolute atomic E-state index is 14.7. The molecule has 1 heterocycles. The van der Waals surface area contributed by atoms with Gasteiger partial charge in [0.15, 0.2) is 0 Å². The number of methoxy groups -OCH3 is 1. The van der Waals surface area contributed by atoms with Crippen molar-refractivity contribution in [2.75, 3.05) is 23.7 Å². The minimum Gasteiger partial charge on any atom is -0.495 e. The summed E-state index contributed by atoms with van der Waals surface area (Å²) in [5.41, 5.74) is 0.365. The number of carbonyl (C=O) groups excluding carboxylic acids is 1. The highest BCUT2D eigenvalue weighted by molar-refractivity contribution is 7.92. The Kier molecular flexibility index (Phi) is 7.65. The van der Waals surface area contributed by atoms with Gasteiger partial charge in [0.2, 0.25) is 5.91 Å². The van der Waals surface area contributed by atoms with E-state index in [9.17, 15) is 22.4 Å². The molecule has 0 fully saturated rings. The summed E-state index contributed by atoms with van der Waals surface area (Å²) in [6, 6.07) is 11.0. The van der Waals surface area contributed by atoms with Gasteiger partial charge in [-0.25, -0.2) is 17.6 Å². The third-order valence-electron chi connectivity index (χ3n) is 4.98. The molecule has 0 saturated carbocycles. The number of sulfonamides is 1. The molecular weight excluding hydrogens is 481 g/mol. The molecule has 1 aromatic heterocycles. The predicted molar refractivity (Wildman–Crippen MR) is 126 cm³/mol. The number of furan rings is 1. The summed E-state index contributed by atoms with van der Waals surface area (Å²) in [6.07, 6.45) is -1.26. The van der Waals surface area contributed by atoms with Gasteiger partial charge in [0.1, 0.15) is 23.1 Å². The van der Waals surface area contributed by atoms with Crippen molar-refractivity contribution in [3.63, 3.8) is 0 Å². The summed E-state index contributed by atoms with van der Waals surface area (Å²) in [5, 5.41) is 13.4. The van der Waals surface area contributed by atoms with Crippen LogP contribution in [0.5, 0.6) is 5.75 Å². The molecule has 10 nitrogen and oxygen atoms in total. The Bertz CT molecular complexity index is 1350. The summed E-state index contributed by atoms with van der Waals surface area (Å²) >= 11 is 0. The van der Waals surface area contributed by atoms with E-state index in [-0.39, 0.29) is 39.9 Å². The van der Waals surface area contributed by atoms with Gasteiger partial charge in [-0.15, -0.1) is 0 Å². The van der Waals surface area contributed by atoms with Crippen LogP contribution in [0.3, 0.4) is 0 Å². The minimum atomic E-state index is -4.23. The number of carbonyl (C=O) groups is 2. The highest BCUT2D eigenvalue weighted by Crippen LogP contribution is 2.32. The summed E-state index contributed by atoms with van der Waals surface area (Å²) in [6.45, 7) is 3.14. The van der Waals surface area contributed by atoms with Crippen LogP contribution in [-0.2, 0) is 14.8 Å². The molecular formula is C23H24FN3O7S. The molecule has 0 bridgehead atoms. The van der Waals surface area contributed by atoms with Crippen LogP contribution in [0.15, 0.2) is 57.8 Å². The number of amides is 2. The average Bonchev–Trinajstić information content (AvgIpc) is 3.23. The monoisotopic (exact) mass is 505 g/mol. The quantitative estimate of drug-likeness (QED) is 0.343. The number of hydrogen-bond donors (Lipinski definition) is 4. The van der Waals surface area contributed by atoms with E-state index in [1.807, 2.05) is 0 Å². The van der Waals surface area contributed by atoms with E-state index in [0.717, 1.165) is 6.07 Å². The standard InChI is InChI=1S/C23H24FN3O7S/c1-13(12-25-23(29)30)22(28)26-15-5-9-21(33-3)19(10-15)27-35(31,32)16-6-7-17(18(24)11-16)20-8-4-14(2)34-20/h4-11,13,25,27H,12H2,1-3H3,(H,26,28)(H,29,30)/t13-/m0/s1. The van der Waals surface area contributed by atoms with Gasteiger partial charge in [-0.1, -0.05) is 6.92 Å². The van der Waals surface area contributed by atoms with Crippen molar-refractivity contribution in [3.05, 3.63) is 60.1 Å². The lowest BCUT2D eigenvalue weighted by atomic mass is 10.1. The number of benzene rings is 2. The Morgan fingerprint density at radius 1 is 1.14 bits per heavy atom. The average molecular weight is 506 g/mol. The van der Waals surface area contributed by atoms with E-state index in [0.29, 0.717) is 5.76 Å². The maximum atomic E-state index is 14.7. The summed E-state index contributed by atoms with van der Waals surface area (Å²) < 4.78 is 53.5. The lowest BCUT2D eigenvalue weighted by molar-refractivity contribution is -0.119. The first-order chi connectivity index (χ1) is 16.5. The van der Waals surface area contributed by atoms with Crippen LogP contribution in [0.1, 0.15) is 12.7 Å².